The van der Waals surface area contributed by atoms with Crippen molar-refractivity contribution in [1.82, 2.24) is 0 Å². The molecule has 0 aliphatic carbocycles. The molecule has 0 bridgehead atoms. The molecular weight excluding hydrogens is 225 g/mol. The van der Waals surface area contributed by atoms with E-state index in [2.05, 4.69) is 0 Å². The molecule has 0 heterocycles. The molecule has 96 valence electrons. The van der Waals surface area contributed by atoms with Crippen molar-refractivity contribution in [2.45, 2.75) is 45.7 Å². The number of rotatable bonds is 2. The highest BCUT2D eigenvalue weighted by atomic mass is 19.4. The highest BCUT2D eigenvalue weighted by Gasteiger charge is 2.60. The zero-order valence-corrected chi connectivity index (χ0v) is 10.7. The average molecular weight is 244 g/mol. The summed E-state index contributed by atoms with van der Waals surface area (Å²) in [5.41, 5.74) is -2.31. The molecule has 0 N–H and O–H groups in total. The Balaban J connectivity index is 3.49. The fourth-order valence-corrected chi connectivity index (χ4v) is 2.68. The maximum absolute atomic E-state index is 13.6. The Labute approximate surface area is 101 Å². The molecule has 0 saturated carbocycles. The third-order valence-electron chi connectivity index (χ3n) is 3.56. The van der Waals surface area contributed by atoms with Crippen molar-refractivity contribution >= 4 is 0 Å². The fraction of sp³-hybridized carbons (Fsp3) is 0.571. The summed E-state index contributed by atoms with van der Waals surface area (Å²) in [6.07, 6.45) is -4.20. The summed E-state index contributed by atoms with van der Waals surface area (Å²) >= 11 is 0. The number of halogens is 3. The maximum atomic E-state index is 13.6. The normalized spacial score (nSPS) is 16.6. The van der Waals surface area contributed by atoms with Crippen LogP contribution in [-0.4, -0.2) is 6.18 Å². The van der Waals surface area contributed by atoms with Gasteiger partial charge in [-0.1, -0.05) is 58.0 Å². The van der Waals surface area contributed by atoms with Gasteiger partial charge in [0.2, 0.25) is 0 Å². The minimum Gasteiger partial charge on any atom is -0.170 e. The molecule has 1 aromatic carbocycles. The van der Waals surface area contributed by atoms with Crippen LogP contribution in [0.4, 0.5) is 13.2 Å². The van der Waals surface area contributed by atoms with Crippen LogP contribution < -0.4 is 0 Å². The minimum atomic E-state index is -4.25. The zero-order valence-electron chi connectivity index (χ0n) is 10.7. The number of benzene rings is 1. The first-order valence-corrected chi connectivity index (χ1v) is 5.79. The standard InChI is InChI=1S/C14H19F3/c1-5-13(12(2,3)4,14(15,16)17)11-9-7-6-8-10-11/h6-10H,5H2,1-4H3. The van der Waals surface area contributed by atoms with E-state index < -0.39 is 17.0 Å². The molecule has 1 rings (SSSR count). The largest absolute Gasteiger partial charge is 0.398 e. The highest BCUT2D eigenvalue weighted by molar-refractivity contribution is 5.30. The Bertz CT molecular complexity index is 343. The van der Waals surface area contributed by atoms with Crippen molar-refractivity contribution in [3.05, 3.63) is 35.9 Å². The SMILES string of the molecule is CCC(c1ccccc1)(C(C)(C)C)C(F)(F)F. The van der Waals surface area contributed by atoms with Crippen LogP contribution in [0.25, 0.3) is 0 Å². The molecule has 3 heteroatoms. The monoisotopic (exact) mass is 244 g/mol. The minimum absolute atomic E-state index is 0.0456. The van der Waals surface area contributed by atoms with Gasteiger partial charge in [0.25, 0.3) is 0 Å². The summed E-state index contributed by atoms with van der Waals surface area (Å²) in [7, 11) is 0. The van der Waals surface area contributed by atoms with E-state index >= 15 is 0 Å². The van der Waals surface area contributed by atoms with Crippen LogP contribution in [0, 0.1) is 5.41 Å². The van der Waals surface area contributed by atoms with Crippen molar-refractivity contribution in [3.8, 4) is 0 Å². The van der Waals surface area contributed by atoms with Crippen molar-refractivity contribution < 1.29 is 13.2 Å². The first-order valence-electron chi connectivity index (χ1n) is 5.79. The van der Waals surface area contributed by atoms with E-state index in [0.29, 0.717) is 5.56 Å². The Morgan fingerprint density at radius 2 is 1.41 bits per heavy atom. The second-order valence-corrected chi connectivity index (χ2v) is 5.37. The van der Waals surface area contributed by atoms with E-state index in [4.69, 9.17) is 0 Å². The summed E-state index contributed by atoms with van der Waals surface area (Å²) in [5.74, 6) is 0. The van der Waals surface area contributed by atoms with Gasteiger partial charge in [0.05, 0.1) is 5.41 Å². The molecule has 0 nitrogen and oxygen atoms in total. The van der Waals surface area contributed by atoms with Crippen LogP contribution in [0.3, 0.4) is 0 Å². The average Bonchev–Trinajstić information content (AvgIpc) is 2.16. The predicted octanol–water partition coefficient (Wildman–Crippen LogP) is 4.94. The van der Waals surface area contributed by atoms with Crippen LogP contribution in [0.5, 0.6) is 0 Å². The molecule has 0 aliphatic heterocycles. The van der Waals surface area contributed by atoms with Crippen molar-refractivity contribution in [1.29, 1.82) is 0 Å². The summed E-state index contributed by atoms with van der Waals surface area (Å²) in [6, 6.07) is 8.21. The van der Waals surface area contributed by atoms with Gasteiger partial charge in [-0.05, 0) is 17.4 Å². The van der Waals surface area contributed by atoms with E-state index in [1.54, 1.807) is 58.0 Å². The lowest BCUT2D eigenvalue weighted by molar-refractivity contribution is -0.221. The number of hydrogen-bond acceptors (Lipinski definition) is 0. The number of hydrogen-bond donors (Lipinski definition) is 0. The van der Waals surface area contributed by atoms with Gasteiger partial charge in [0.1, 0.15) is 0 Å². The van der Waals surface area contributed by atoms with Crippen molar-refractivity contribution in [2.75, 3.05) is 0 Å². The van der Waals surface area contributed by atoms with Crippen molar-refractivity contribution in [3.63, 3.8) is 0 Å². The molecule has 17 heavy (non-hydrogen) atoms. The van der Waals surface area contributed by atoms with Gasteiger partial charge in [-0.25, -0.2) is 0 Å². The second kappa shape index (κ2) is 4.35. The topological polar surface area (TPSA) is 0 Å². The second-order valence-electron chi connectivity index (χ2n) is 5.37. The van der Waals surface area contributed by atoms with E-state index in [1.165, 1.54) is 0 Å². The Morgan fingerprint density at radius 1 is 0.941 bits per heavy atom. The predicted molar refractivity (Wildman–Crippen MR) is 63.9 cm³/mol. The van der Waals surface area contributed by atoms with Crippen LogP contribution in [0.1, 0.15) is 39.7 Å². The molecule has 0 spiro atoms. The van der Waals surface area contributed by atoms with Crippen LogP contribution >= 0.6 is 0 Å². The van der Waals surface area contributed by atoms with E-state index in [0.717, 1.165) is 0 Å². The van der Waals surface area contributed by atoms with Gasteiger partial charge < -0.3 is 0 Å². The zero-order chi connectivity index (χ0) is 13.3. The molecule has 0 saturated heterocycles. The van der Waals surface area contributed by atoms with Gasteiger partial charge >= 0.3 is 6.18 Å². The maximum Gasteiger partial charge on any atom is 0.398 e. The highest BCUT2D eigenvalue weighted by Crippen LogP contribution is 2.54. The fourth-order valence-electron chi connectivity index (χ4n) is 2.68. The molecule has 0 amide bonds. The summed E-state index contributed by atoms with van der Waals surface area (Å²) in [5, 5.41) is 0. The van der Waals surface area contributed by atoms with Gasteiger partial charge in [-0.2, -0.15) is 13.2 Å². The molecule has 0 aliphatic rings. The van der Waals surface area contributed by atoms with E-state index in [9.17, 15) is 13.2 Å². The Hall–Kier alpha value is -0.990. The first-order chi connectivity index (χ1) is 7.67. The van der Waals surface area contributed by atoms with Gasteiger partial charge in [0.15, 0.2) is 0 Å². The molecular formula is C14H19F3. The molecule has 0 aromatic heterocycles. The van der Waals surface area contributed by atoms with E-state index in [1.807, 2.05) is 0 Å². The van der Waals surface area contributed by atoms with Crippen LogP contribution in [0.2, 0.25) is 0 Å². The summed E-state index contributed by atoms with van der Waals surface area (Å²) < 4.78 is 40.7. The Morgan fingerprint density at radius 3 is 1.71 bits per heavy atom. The summed E-state index contributed by atoms with van der Waals surface area (Å²) in [4.78, 5) is 0. The number of alkyl halides is 3. The lowest BCUT2D eigenvalue weighted by Crippen LogP contribution is -2.51. The molecule has 1 unspecified atom stereocenters. The third-order valence-corrected chi connectivity index (χ3v) is 3.56. The summed E-state index contributed by atoms with van der Waals surface area (Å²) in [6.45, 7) is 6.55. The molecule has 1 aromatic rings. The Kier molecular flexibility index (Phi) is 3.60. The molecule has 1 atom stereocenters. The molecule has 0 fully saturated rings. The third kappa shape index (κ3) is 2.20. The lowest BCUT2D eigenvalue weighted by Gasteiger charge is -2.46. The van der Waals surface area contributed by atoms with Crippen molar-refractivity contribution in [2.24, 2.45) is 5.41 Å². The van der Waals surface area contributed by atoms with Gasteiger partial charge in [-0.15, -0.1) is 0 Å². The first kappa shape index (κ1) is 14.1. The van der Waals surface area contributed by atoms with Crippen LogP contribution in [0.15, 0.2) is 30.3 Å². The van der Waals surface area contributed by atoms with Crippen LogP contribution in [-0.2, 0) is 5.41 Å². The molecule has 0 radical (unpaired) electrons. The van der Waals surface area contributed by atoms with Gasteiger partial charge in [-0.3, -0.25) is 0 Å². The lowest BCUT2D eigenvalue weighted by atomic mass is 9.60. The quantitative estimate of drug-likeness (QED) is 0.691. The van der Waals surface area contributed by atoms with Gasteiger partial charge in [0, 0.05) is 0 Å². The van der Waals surface area contributed by atoms with E-state index in [-0.39, 0.29) is 6.42 Å². The smallest absolute Gasteiger partial charge is 0.170 e.